The second kappa shape index (κ2) is 8.86. The second-order valence-corrected chi connectivity index (χ2v) is 8.23. The van der Waals surface area contributed by atoms with Gasteiger partial charge >= 0.3 is 0 Å². The summed E-state index contributed by atoms with van der Waals surface area (Å²) in [6.07, 6.45) is 0.536. The largest absolute Gasteiger partial charge is 0.467 e. The maximum atomic E-state index is 12.1. The van der Waals surface area contributed by atoms with Crippen molar-refractivity contribution in [3.63, 3.8) is 0 Å². The summed E-state index contributed by atoms with van der Waals surface area (Å²) < 4.78 is 29.7. The zero-order valence-corrected chi connectivity index (χ0v) is 14.9. The van der Waals surface area contributed by atoms with Crippen LogP contribution in [0.25, 0.3) is 0 Å². The number of furan rings is 1. The Balaban J connectivity index is 1.87. The van der Waals surface area contributed by atoms with Gasteiger partial charge in [0.25, 0.3) is 0 Å². The van der Waals surface area contributed by atoms with Gasteiger partial charge < -0.3 is 20.2 Å². The molecule has 0 aliphatic rings. The van der Waals surface area contributed by atoms with Gasteiger partial charge in [0.05, 0.1) is 18.1 Å². The molecule has 0 aromatic carbocycles. The van der Waals surface area contributed by atoms with Crippen LogP contribution in [0.2, 0.25) is 0 Å². The molecule has 1 unspecified atom stereocenters. The molecule has 24 heavy (non-hydrogen) atoms. The van der Waals surface area contributed by atoms with Crippen LogP contribution in [0.5, 0.6) is 0 Å². The van der Waals surface area contributed by atoms with Gasteiger partial charge in [0.2, 0.25) is 0 Å². The Labute approximate surface area is 145 Å². The summed E-state index contributed by atoms with van der Waals surface area (Å²) >= 11 is 1.14. The highest BCUT2D eigenvalue weighted by Gasteiger charge is 2.20. The molecule has 0 aliphatic heterocycles. The monoisotopic (exact) mass is 371 g/mol. The van der Waals surface area contributed by atoms with E-state index in [1.807, 2.05) is 13.0 Å². The number of sulfone groups is 1. The van der Waals surface area contributed by atoms with Crippen LogP contribution < -0.4 is 10.6 Å². The van der Waals surface area contributed by atoms with Gasteiger partial charge in [0.15, 0.2) is 15.8 Å². The number of rotatable bonds is 8. The van der Waals surface area contributed by atoms with Crippen LogP contribution in [0, 0.1) is 0 Å². The van der Waals surface area contributed by atoms with Crippen molar-refractivity contribution < 1.29 is 17.9 Å². The average Bonchev–Trinajstić information content (AvgIpc) is 3.22. The van der Waals surface area contributed by atoms with Crippen LogP contribution in [-0.4, -0.2) is 44.4 Å². The van der Waals surface area contributed by atoms with Crippen molar-refractivity contribution in [2.45, 2.75) is 23.8 Å². The third-order valence-corrected chi connectivity index (χ3v) is 6.32. The molecule has 9 heteroatoms. The van der Waals surface area contributed by atoms with Crippen LogP contribution >= 0.6 is 11.3 Å². The van der Waals surface area contributed by atoms with Gasteiger partial charge in [-0.2, -0.15) is 0 Å². The van der Waals surface area contributed by atoms with Crippen molar-refractivity contribution >= 4 is 27.1 Å². The molecule has 2 heterocycles. The molecule has 0 saturated carbocycles. The minimum atomic E-state index is -3.47. The number of hydrogen-bond acceptors (Lipinski definition) is 6. The number of nitrogens with zero attached hydrogens (tertiary/aromatic N) is 1. The molecule has 1 atom stereocenters. The first-order valence-corrected chi connectivity index (χ1v) is 10.0. The van der Waals surface area contributed by atoms with Gasteiger partial charge in [-0.15, -0.1) is 11.3 Å². The highest BCUT2D eigenvalue weighted by molar-refractivity contribution is 7.93. The predicted molar refractivity (Wildman–Crippen MR) is 93.9 cm³/mol. The van der Waals surface area contributed by atoms with Crippen LogP contribution in [-0.2, 0) is 16.4 Å². The second-order valence-electron chi connectivity index (χ2n) is 5.02. The lowest BCUT2D eigenvalue weighted by Crippen LogP contribution is -2.42. The fraction of sp³-hybridized carbons (Fsp3) is 0.400. The van der Waals surface area contributed by atoms with Crippen molar-refractivity contribution in [1.29, 1.82) is 0 Å². The van der Waals surface area contributed by atoms with E-state index in [-0.39, 0.29) is 16.5 Å². The number of hydrogen-bond donors (Lipinski definition) is 3. The fourth-order valence-corrected chi connectivity index (χ4v) is 4.43. The first-order valence-electron chi connectivity index (χ1n) is 7.50. The van der Waals surface area contributed by atoms with E-state index in [4.69, 9.17) is 4.42 Å². The molecular weight excluding hydrogens is 350 g/mol. The summed E-state index contributed by atoms with van der Waals surface area (Å²) in [5, 5.41) is 17.7. The third-order valence-electron chi connectivity index (χ3n) is 3.04. The lowest BCUT2D eigenvalue weighted by molar-refractivity contribution is 0.200. The summed E-state index contributed by atoms with van der Waals surface area (Å²) in [4.78, 5) is 4.32. The SMILES string of the molecule is CCNC(=NCc1ccco1)NCC(O)CS(=O)(=O)c1cccs1. The van der Waals surface area contributed by atoms with E-state index in [0.29, 0.717) is 24.8 Å². The minimum Gasteiger partial charge on any atom is -0.467 e. The Morgan fingerprint density at radius 2 is 2.21 bits per heavy atom. The molecule has 0 amide bonds. The summed E-state index contributed by atoms with van der Waals surface area (Å²) in [7, 11) is -3.47. The topological polar surface area (TPSA) is 104 Å². The Morgan fingerprint density at radius 3 is 2.83 bits per heavy atom. The lowest BCUT2D eigenvalue weighted by Gasteiger charge is -2.15. The van der Waals surface area contributed by atoms with Crippen LogP contribution in [0.3, 0.4) is 0 Å². The normalized spacial score (nSPS) is 13.7. The number of aliphatic imine (C=N–C) groups is 1. The molecular formula is C15H21N3O4S2. The van der Waals surface area contributed by atoms with Gasteiger partial charge in [-0.05, 0) is 30.5 Å². The van der Waals surface area contributed by atoms with Crippen LogP contribution in [0.15, 0.2) is 49.5 Å². The molecule has 132 valence electrons. The number of thiophene rings is 1. The maximum Gasteiger partial charge on any atom is 0.191 e. The van der Waals surface area contributed by atoms with Gasteiger partial charge in [0.1, 0.15) is 16.5 Å². The Bertz CT molecular complexity index is 725. The highest BCUT2D eigenvalue weighted by Crippen LogP contribution is 2.17. The fourth-order valence-electron chi connectivity index (χ4n) is 1.95. The van der Waals surface area contributed by atoms with Crippen molar-refractivity contribution in [2.24, 2.45) is 4.99 Å². The van der Waals surface area contributed by atoms with Gasteiger partial charge in [-0.25, -0.2) is 13.4 Å². The molecule has 2 aromatic heterocycles. The molecule has 0 saturated heterocycles. The minimum absolute atomic E-state index is 0.0780. The molecule has 3 N–H and O–H groups in total. The maximum absolute atomic E-state index is 12.1. The summed E-state index contributed by atoms with van der Waals surface area (Å²) in [5.74, 6) is 0.868. The molecule has 0 radical (unpaired) electrons. The van der Waals surface area contributed by atoms with Crippen molar-refractivity contribution in [1.82, 2.24) is 10.6 Å². The smallest absolute Gasteiger partial charge is 0.191 e. The van der Waals surface area contributed by atoms with E-state index in [1.165, 1.54) is 6.07 Å². The molecule has 0 bridgehead atoms. The molecule has 2 aromatic rings. The summed E-state index contributed by atoms with van der Waals surface area (Å²) in [5.41, 5.74) is 0. The van der Waals surface area contributed by atoms with Crippen LogP contribution in [0.4, 0.5) is 0 Å². The number of aliphatic hydroxyl groups excluding tert-OH is 1. The molecule has 0 spiro atoms. The average molecular weight is 371 g/mol. The van der Waals surface area contributed by atoms with Crippen molar-refractivity contribution in [3.05, 3.63) is 41.7 Å². The lowest BCUT2D eigenvalue weighted by atomic mass is 10.4. The van der Waals surface area contributed by atoms with E-state index >= 15 is 0 Å². The Hall–Kier alpha value is -1.84. The van der Waals surface area contributed by atoms with E-state index in [0.717, 1.165) is 11.3 Å². The quantitative estimate of drug-likeness (QED) is 0.476. The number of guanidine groups is 1. The number of nitrogens with one attached hydrogen (secondary N) is 2. The molecule has 7 nitrogen and oxygen atoms in total. The zero-order valence-electron chi connectivity index (χ0n) is 13.3. The molecule has 0 fully saturated rings. The van der Waals surface area contributed by atoms with Gasteiger partial charge in [-0.1, -0.05) is 6.07 Å². The Kier molecular flexibility index (Phi) is 6.83. The predicted octanol–water partition coefficient (Wildman–Crippen LogP) is 1.23. The van der Waals surface area contributed by atoms with Gasteiger partial charge in [0, 0.05) is 13.1 Å². The Morgan fingerprint density at radius 1 is 1.38 bits per heavy atom. The first-order chi connectivity index (χ1) is 11.5. The van der Waals surface area contributed by atoms with Crippen molar-refractivity contribution in [2.75, 3.05) is 18.8 Å². The van der Waals surface area contributed by atoms with Crippen molar-refractivity contribution in [3.8, 4) is 0 Å². The first kappa shape index (κ1) is 18.5. The number of aliphatic hydroxyl groups is 1. The van der Waals surface area contributed by atoms with E-state index in [2.05, 4.69) is 15.6 Å². The van der Waals surface area contributed by atoms with E-state index < -0.39 is 15.9 Å². The summed E-state index contributed by atoms with van der Waals surface area (Å²) in [6, 6.07) is 6.81. The highest BCUT2D eigenvalue weighted by atomic mass is 32.2. The zero-order chi connectivity index (χ0) is 17.4. The van der Waals surface area contributed by atoms with E-state index in [9.17, 15) is 13.5 Å². The summed E-state index contributed by atoms with van der Waals surface area (Å²) in [6.45, 7) is 3.00. The van der Waals surface area contributed by atoms with Crippen LogP contribution in [0.1, 0.15) is 12.7 Å². The standard InChI is InChI=1S/C15H21N3O4S2/c1-2-16-15(18-10-13-5-3-7-22-13)17-9-12(19)11-24(20,21)14-6-4-8-23-14/h3-8,12,19H,2,9-11H2,1H3,(H2,16,17,18). The van der Waals surface area contributed by atoms with E-state index in [1.54, 1.807) is 23.8 Å². The van der Waals surface area contributed by atoms with Gasteiger partial charge in [-0.3, -0.25) is 0 Å². The third kappa shape index (κ3) is 5.66. The molecule has 2 rings (SSSR count). The molecule has 0 aliphatic carbocycles.